The molecule has 1 aliphatic carbocycles. The molecular formula is C10H15N3O. The molecule has 0 saturated heterocycles. The molecule has 0 unspecified atom stereocenters. The minimum absolute atomic E-state index is 0.0682. The number of hydrogen-bond acceptors (Lipinski definition) is 3. The lowest BCUT2D eigenvalue weighted by Gasteiger charge is -2.02. The van der Waals surface area contributed by atoms with E-state index in [1.54, 1.807) is 0 Å². The minimum atomic E-state index is 0.0682. The molecule has 14 heavy (non-hydrogen) atoms. The molecule has 0 aromatic carbocycles. The highest BCUT2D eigenvalue weighted by Crippen LogP contribution is 2.15. The quantitative estimate of drug-likeness (QED) is 0.711. The van der Waals surface area contributed by atoms with Crippen LogP contribution in [0.5, 0.6) is 0 Å². The monoisotopic (exact) mass is 193 g/mol. The molecule has 0 saturated carbocycles. The van der Waals surface area contributed by atoms with Crippen molar-refractivity contribution in [3.05, 3.63) is 27.4 Å². The first-order valence-corrected chi connectivity index (χ1v) is 5.07. The third-order valence-electron chi connectivity index (χ3n) is 2.60. The van der Waals surface area contributed by atoms with Gasteiger partial charge in [0.15, 0.2) is 0 Å². The molecule has 76 valence electrons. The summed E-state index contributed by atoms with van der Waals surface area (Å²) in [5, 5.41) is 3.04. The van der Waals surface area contributed by atoms with Crippen LogP contribution in [-0.2, 0) is 19.3 Å². The molecule has 2 rings (SSSR count). The number of nitrogens with one attached hydrogen (secondary N) is 2. The maximum atomic E-state index is 11.6. The summed E-state index contributed by atoms with van der Waals surface area (Å²) >= 11 is 0. The molecule has 0 radical (unpaired) electrons. The van der Waals surface area contributed by atoms with Crippen molar-refractivity contribution < 1.29 is 0 Å². The van der Waals surface area contributed by atoms with Gasteiger partial charge in [-0.15, -0.1) is 0 Å². The highest BCUT2D eigenvalue weighted by Gasteiger charge is 2.16. The Bertz CT molecular complexity index is 383. The van der Waals surface area contributed by atoms with Crippen LogP contribution in [0.4, 0.5) is 0 Å². The van der Waals surface area contributed by atoms with Crippen LogP contribution >= 0.6 is 0 Å². The van der Waals surface area contributed by atoms with E-state index in [4.69, 9.17) is 0 Å². The SMILES string of the molecule is CNCCc1nc2c(c(=O)[nH]1)CCC2. The summed E-state index contributed by atoms with van der Waals surface area (Å²) in [5.74, 6) is 0.810. The number of aryl methyl sites for hydroxylation is 1. The Morgan fingerprint density at radius 2 is 2.36 bits per heavy atom. The van der Waals surface area contributed by atoms with E-state index in [9.17, 15) is 4.79 Å². The van der Waals surface area contributed by atoms with Crippen LogP contribution in [-0.4, -0.2) is 23.6 Å². The van der Waals surface area contributed by atoms with Gasteiger partial charge in [-0.05, 0) is 26.3 Å². The number of hydrogen-bond donors (Lipinski definition) is 2. The van der Waals surface area contributed by atoms with Crippen molar-refractivity contribution in [3.8, 4) is 0 Å². The maximum absolute atomic E-state index is 11.6. The Labute approximate surface area is 82.8 Å². The Balaban J connectivity index is 2.28. The Morgan fingerprint density at radius 3 is 3.14 bits per heavy atom. The van der Waals surface area contributed by atoms with Gasteiger partial charge in [-0.3, -0.25) is 4.79 Å². The second-order valence-corrected chi connectivity index (χ2v) is 3.64. The van der Waals surface area contributed by atoms with Gasteiger partial charge in [-0.2, -0.15) is 0 Å². The van der Waals surface area contributed by atoms with Gasteiger partial charge in [0.1, 0.15) is 5.82 Å². The molecule has 4 nitrogen and oxygen atoms in total. The van der Waals surface area contributed by atoms with Crippen molar-refractivity contribution >= 4 is 0 Å². The Morgan fingerprint density at radius 1 is 1.50 bits per heavy atom. The van der Waals surface area contributed by atoms with Gasteiger partial charge in [0, 0.05) is 18.5 Å². The molecule has 1 aromatic rings. The average molecular weight is 193 g/mol. The fourth-order valence-electron chi connectivity index (χ4n) is 1.85. The number of rotatable bonds is 3. The molecule has 0 spiro atoms. The van der Waals surface area contributed by atoms with Crippen molar-refractivity contribution in [1.82, 2.24) is 15.3 Å². The first-order chi connectivity index (χ1) is 6.81. The average Bonchev–Trinajstić information content (AvgIpc) is 2.63. The Hall–Kier alpha value is -1.16. The number of aromatic nitrogens is 2. The second kappa shape index (κ2) is 3.92. The summed E-state index contributed by atoms with van der Waals surface area (Å²) in [4.78, 5) is 18.9. The number of H-pyrrole nitrogens is 1. The zero-order valence-corrected chi connectivity index (χ0v) is 8.39. The first-order valence-electron chi connectivity index (χ1n) is 5.07. The zero-order chi connectivity index (χ0) is 9.97. The molecule has 1 heterocycles. The standard InChI is InChI=1S/C10H15N3O/c1-11-6-5-9-12-8-4-2-3-7(8)10(14)13-9/h11H,2-6H2,1H3,(H,12,13,14). The first kappa shape index (κ1) is 9.40. The van der Waals surface area contributed by atoms with Crippen molar-refractivity contribution in [2.75, 3.05) is 13.6 Å². The lowest BCUT2D eigenvalue weighted by Crippen LogP contribution is -2.20. The highest BCUT2D eigenvalue weighted by molar-refractivity contribution is 5.22. The lowest BCUT2D eigenvalue weighted by atomic mass is 10.2. The van der Waals surface area contributed by atoms with Gasteiger partial charge in [0.2, 0.25) is 0 Å². The van der Waals surface area contributed by atoms with Crippen LogP contribution in [0.2, 0.25) is 0 Å². The fourth-order valence-corrected chi connectivity index (χ4v) is 1.85. The normalized spacial score (nSPS) is 14.4. The predicted molar refractivity (Wildman–Crippen MR) is 54.5 cm³/mol. The summed E-state index contributed by atoms with van der Waals surface area (Å²) in [5.41, 5.74) is 1.98. The number of likely N-dealkylation sites (N-methyl/N-ethyl adjacent to an activating group) is 1. The minimum Gasteiger partial charge on any atom is -0.319 e. The van der Waals surface area contributed by atoms with Gasteiger partial charge in [0.05, 0.1) is 5.69 Å². The molecular weight excluding hydrogens is 178 g/mol. The predicted octanol–water partition coefficient (Wildman–Crippen LogP) is 0.0205. The van der Waals surface area contributed by atoms with Crippen molar-refractivity contribution in [2.24, 2.45) is 0 Å². The van der Waals surface area contributed by atoms with Crippen LogP contribution < -0.4 is 10.9 Å². The second-order valence-electron chi connectivity index (χ2n) is 3.64. The van der Waals surface area contributed by atoms with Crippen molar-refractivity contribution in [3.63, 3.8) is 0 Å². The van der Waals surface area contributed by atoms with Gasteiger partial charge in [-0.25, -0.2) is 4.98 Å². The summed E-state index contributed by atoms with van der Waals surface area (Å²) in [6, 6.07) is 0. The highest BCUT2D eigenvalue weighted by atomic mass is 16.1. The third kappa shape index (κ3) is 1.70. The van der Waals surface area contributed by atoms with Crippen LogP contribution in [0.1, 0.15) is 23.5 Å². The largest absolute Gasteiger partial charge is 0.319 e. The number of fused-ring (bicyclic) bond motifs is 1. The van der Waals surface area contributed by atoms with E-state index in [-0.39, 0.29) is 5.56 Å². The topological polar surface area (TPSA) is 57.8 Å². The van der Waals surface area contributed by atoms with Crippen LogP contribution in [0, 0.1) is 0 Å². The van der Waals surface area contributed by atoms with Gasteiger partial charge in [-0.1, -0.05) is 0 Å². The smallest absolute Gasteiger partial charge is 0.254 e. The fraction of sp³-hybridized carbons (Fsp3) is 0.600. The summed E-state index contributed by atoms with van der Waals surface area (Å²) in [7, 11) is 1.89. The van der Waals surface area contributed by atoms with Crippen LogP contribution in [0.15, 0.2) is 4.79 Å². The van der Waals surface area contributed by atoms with Gasteiger partial charge in [0.25, 0.3) is 5.56 Å². The molecule has 4 heteroatoms. The molecule has 0 atom stereocenters. The van der Waals surface area contributed by atoms with E-state index in [1.807, 2.05) is 7.05 Å². The molecule has 0 aliphatic heterocycles. The van der Waals surface area contributed by atoms with E-state index in [0.717, 1.165) is 49.3 Å². The van der Waals surface area contributed by atoms with E-state index >= 15 is 0 Å². The number of nitrogens with zero attached hydrogens (tertiary/aromatic N) is 1. The van der Waals surface area contributed by atoms with E-state index in [1.165, 1.54) is 0 Å². The van der Waals surface area contributed by atoms with Crippen molar-refractivity contribution in [2.45, 2.75) is 25.7 Å². The maximum Gasteiger partial charge on any atom is 0.254 e. The molecule has 2 N–H and O–H groups in total. The summed E-state index contributed by atoms with van der Waals surface area (Å²) in [6.45, 7) is 0.849. The number of aromatic amines is 1. The van der Waals surface area contributed by atoms with E-state index in [0.29, 0.717) is 0 Å². The molecule has 0 amide bonds. The van der Waals surface area contributed by atoms with Crippen LogP contribution in [0.25, 0.3) is 0 Å². The van der Waals surface area contributed by atoms with Crippen LogP contribution in [0.3, 0.4) is 0 Å². The molecule has 1 aromatic heterocycles. The van der Waals surface area contributed by atoms with Crippen molar-refractivity contribution in [1.29, 1.82) is 0 Å². The Kier molecular flexibility index (Phi) is 2.63. The van der Waals surface area contributed by atoms with E-state index < -0.39 is 0 Å². The zero-order valence-electron chi connectivity index (χ0n) is 8.39. The van der Waals surface area contributed by atoms with Gasteiger partial charge >= 0.3 is 0 Å². The van der Waals surface area contributed by atoms with Gasteiger partial charge < -0.3 is 10.3 Å². The molecule has 1 aliphatic rings. The lowest BCUT2D eigenvalue weighted by molar-refractivity contribution is 0.744. The summed E-state index contributed by atoms with van der Waals surface area (Å²) < 4.78 is 0. The summed E-state index contributed by atoms with van der Waals surface area (Å²) in [6.07, 6.45) is 3.72. The molecule has 0 bridgehead atoms. The molecule has 0 fully saturated rings. The third-order valence-corrected chi connectivity index (χ3v) is 2.60. The van der Waals surface area contributed by atoms with E-state index in [2.05, 4.69) is 15.3 Å².